The van der Waals surface area contributed by atoms with Crippen LogP contribution in [-0.4, -0.2) is 55.9 Å². The number of benzene rings is 3. The van der Waals surface area contributed by atoms with Crippen LogP contribution in [0.25, 0.3) is 10.8 Å². The van der Waals surface area contributed by atoms with Crippen molar-refractivity contribution in [1.29, 1.82) is 5.41 Å². The molecular formula is C28H32N4O4S. The number of amidine groups is 1. The van der Waals surface area contributed by atoms with Gasteiger partial charge in [0.25, 0.3) is 0 Å². The highest BCUT2D eigenvalue weighted by molar-refractivity contribution is 7.91. The zero-order chi connectivity index (χ0) is 26.4. The number of nitrogens with one attached hydrogen (secondary N) is 2. The van der Waals surface area contributed by atoms with Crippen LogP contribution in [-0.2, 0) is 25.8 Å². The fourth-order valence-electron chi connectivity index (χ4n) is 4.56. The van der Waals surface area contributed by atoms with E-state index in [2.05, 4.69) is 5.32 Å². The van der Waals surface area contributed by atoms with E-state index in [0.29, 0.717) is 18.7 Å². The van der Waals surface area contributed by atoms with Crippen LogP contribution in [0.4, 0.5) is 0 Å². The summed E-state index contributed by atoms with van der Waals surface area (Å²) in [5, 5.41) is 12.1. The van der Waals surface area contributed by atoms with Gasteiger partial charge < -0.3 is 16.0 Å². The molecule has 194 valence electrons. The third kappa shape index (κ3) is 6.74. The minimum absolute atomic E-state index is 0.0478. The number of nitrogens with two attached hydrogens (primary N) is 1. The number of carbonyl (C=O) groups excluding carboxylic acids is 2. The van der Waals surface area contributed by atoms with Crippen LogP contribution in [0, 0.1) is 5.41 Å². The number of likely N-dealkylation sites (tertiary alicyclic amines) is 1. The van der Waals surface area contributed by atoms with Gasteiger partial charge in [0.15, 0.2) is 9.84 Å². The van der Waals surface area contributed by atoms with Crippen molar-refractivity contribution in [2.75, 3.05) is 18.8 Å². The van der Waals surface area contributed by atoms with Crippen LogP contribution in [0.3, 0.4) is 0 Å². The Balaban J connectivity index is 1.45. The molecule has 1 aliphatic rings. The Bertz CT molecular complexity index is 1400. The maximum Gasteiger partial charge on any atom is 0.245 e. The molecule has 0 saturated carbocycles. The van der Waals surface area contributed by atoms with Crippen LogP contribution in [0.5, 0.6) is 0 Å². The number of sulfone groups is 1. The molecule has 1 atom stereocenters. The molecule has 37 heavy (non-hydrogen) atoms. The van der Waals surface area contributed by atoms with Gasteiger partial charge in [-0.2, -0.15) is 0 Å². The Morgan fingerprint density at radius 2 is 1.62 bits per heavy atom. The summed E-state index contributed by atoms with van der Waals surface area (Å²) in [4.78, 5) is 28.1. The summed E-state index contributed by atoms with van der Waals surface area (Å²) in [6.45, 7) is 1.29. The van der Waals surface area contributed by atoms with Gasteiger partial charge in [-0.15, -0.1) is 0 Å². The fourth-order valence-corrected chi connectivity index (χ4v) is 5.83. The van der Waals surface area contributed by atoms with Crippen LogP contribution >= 0.6 is 0 Å². The van der Waals surface area contributed by atoms with Gasteiger partial charge in [-0.25, -0.2) is 8.42 Å². The van der Waals surface area contributed by atoms with Gasteiger partial charge in [-0.1, -0.05) is 54.6 Å². The van der Waals surface area contributed by atoms with Crippen molar-refractivity contribution in [2.24, 2.45) is 5.73 Å². The Morgan fingerprint density at radius 1 is 0.946 bits per heavy atom. The lowest BCUT2D eigenvalue weighted by Crippen LogP contribution is -2.51. The number of nitrogens with zero attached hydrogens (tertiary/aromatic N) is 1. The van der Waals surface area contributed by atoms with Crippen molar-refractivity contribution in [1.82, 2.24) is 10.2 Å². The third-order valence-corrected chi connectivity index (χ3v) is 8.40. The van der Waals surface area contributed by atoms with Gasteiger partial charge in [-0.3, -0.25) is 15.0 Å². The molecule has 1 fully saturated rings. The molecule has 4 N–H and O–H groups in total. The molecule has 0 bridgehead atoms. The van der Waals surface area contributed by atoms with Crippen molar-refractivity contribution in [3.8, 4) is 0 Å². The second-order valence-corrected chi connectivity index (χ2v) is 11.5. The quantitative estimate of drug-likeness (QED) is 0.295. The maximum atomic E-state index is 13.3. The van der Waals surface area contributed by atoms with E-state index in [1.165, 1.54) is 0 Å². The van der Waals surface area contributed by atoms with Crippen LogP contribution in [0.1, 0.15) is 36.8 Å². The van der Waals surface area contributed by atoms with Gasteiger partial charge in [0.1, 0.15) is 11.9 Å². The van der Waals surface area contributed by atoms with Gasteiger partial charge in [0, 0.05) is 31.5 Å². The van der Waals surface area contributed by atoms with Gasteiger partial charge in [-0.05, 0) is 47.7 Å². The van der Waals surface area contributed by atoms with Crippen molar-refractivity contribution in [3.05, 3.63) is 77.9 Å². The van der Waals surface area contributed by atoms with Crippen LogP contribution in [0.2, 0.25) is 0 Å². The lowest BCUT2D eigenvalue weighted by atomic mass is 10.0. The van der Waals surface area contributed by atoms with Crippen molar-refractivity contribution in [2.45, 2.75) is 43.0 Å². The summed E-state index contributed by atoms with van der Waals surface area (Å²) in [7, 11) is -3.68. The molecule has 9 heteroatoms. The average Bonchev–Trinajstić information content (AvgIpc) is 2.91. The lowest BCUT2D eigenvalue weighted by molar-refractivity contribution is -0.137. The highest BCUT2D eigenvalue weighted by Crippen LogP contribution is 2.20. The molecule has 4 rings (SSSR count). The SMILES string of the molecule is N=C(N)c1ccc(CC(NC(=O)CCS(=O)(=O)c2ccc3ccccc3c2)C(=O)N2CCCCC2)cc1. The second-order valence-electron chi connectivity index (χ2n) is 9.40. The van der Waals surface area contributed by atoms with Crippen molar-refractivity contribution in [3.63, 3.8) is 0 Å². The fraction of sp³-hybridized carbons (Fsp3) is 0.321. The van der Waals surface area contributed by atoms with Crippen LogP contribution in [0.15, 0.2) is 71.6 Å². The predicted octanol–water partition coefficient (Wildman–Crippen LogP) is 3.03. The normalized spacial score (nSPS) is 14.8. The lowest BCUT2D eigenvalue weighted by Gasteiger charge is -2.31. The smallest absolute Gasteiger partial charge is 0.245 e. The zero-order valence-electron chi connectivity index (χ0n) is 20.7. The average molecular weight is 521 g/mol. The number of hydrogen-bond acceptors (Lipinski definition) is 5. The zero-order valence-corrected chi connectivity index (χ0v) is 21.5. The Kier molecular flexibility index (Phi) is 8.23. The van der Waals surface area contributed by atoms with E-state index in [1.807, 2.05) is 24.3 Å². The van der Waals surface area contributed by atoms with Gasteiger partial charge in [0.2, 0.25) is 11.8 Å². The van der Waals surface area contributed by atoms with E-state index >= 15 is 0 Å². The molecule has 0 aromatic heterocycles. The largest absolute Gasteiger partial charge is 0.384 e. The van der Waals surface area contributed by atoms with E-state index in [4.69, 9.17) is 11.1 Å². The van der Waals surface area contributed by atoms with E-state index < -0.39 is 21.8 Å². The van der Waals surface area contributed by atoms with E-state index in [9.17, 15) is 18.0 Å². The Labute approximate surface area is 217 Å². The highest BCUT2D eigenvalue weighted by Gasteiger charge is 2.28. The number of rotatable bonds is 9. The molecular weight excluding hydrogens is 488 g/mol. The van der Waals surface area contributed by atoms with Gasteiger partial charge in [0.05, 0.1) is 10.6 Å². The third-order valence-electron chi connectivity index (χ3n) is 6.68. The second kappa shape index (κ2) is 11.6. The highest BCUT2D eigenvalue weighted by atomic mass is 32.2. The summed E-state index contributed by atoms with van der Waals surface area (Å²) >= 11 is 0. The number of nitrogen functional groups attached to an aromatic ring is 1. The molecule has 0 spiro atoms. The Morgan fingerprint density at radius 3 is 2.30 bits per heavy atom. The first-order chi connectivity index (χ1) is 17.7. The number of fused-ring (bicyclic) bond motifs is 1. The first kappa shape index (κ1) is 26.3. The number of piperidine rings is 1. The summed E-state index contributed by atoms with van der Waals surface area (Å²) < 4.78 is 25.9. The summed E-state index contributed by atoms with van der Waals surface area (Å²) in [6.07, 6.45) is 2.92. The molecule has 1 saturated heterocycles. The molecule has 3 aromatic carbocycles. The van der Waals surface area contributed by atoms with Gasteiger partial charge >= 0.3 is 0 Å². The molecule has 3 aromatic rings. The first-order valence-electron chi connectivity index (χ1n) is 12.5. The summed E-state index contributed by atoms with van der Waals surface area (Å²) in [5.41, 5.74) is 6.92. The topological polar surface area (TPSA) is 133 Å². The number of hydrogen-bond donors (Lipinski definition) is 3. The molecule has 0 aliphatic carbocycles. The molecule has 1 aliphatic heterocycles. The minimum atomic E-state index is -3.68. The summed E-state index contributed by atoms with van der Waals surface area (Å²) in [5.74, 6) is -1.05. The van der Waals surface area contributed by atoms with E-state index in [0.717, 1.165) is 35.6 Å². The summed E-state index contributed by atoms with van der Waals surface area (Å²) in [6, 6.07) is 18.6. The van der Waals surface area contributed by atoms with E-state index in [-0.39, 0.29) is 35.2 Å². The minimum Gasteiger partial charge on any atom is -0.384 e. The maximum absolute atomic E-state index is 13.3. The first-order valence-corrected chi connectivity index (χ1v) is 14.1. The Hall–Kier alpha value is -3.72. The monoisotopic (exact) mass is 520 g/mol. The molecule has 8 nitrogen and oxygen atoms in total. The van der Waals surface area contributed by atoms with Crippen molar-refractivity contribution < 1.29 is 18.0 Å². The number of amides is 2. The molecule has 1 unspecified atom stereocenters. The number of carbonyl (C=O) groups is 2. The molecule has 2 amide bonds. The molecule has 1 heterocycles. The predicted molar refractivity (Wildman–Crippen MR) is 144 cm³/mol. The molecule has 0 radical (unpaired) electrons. The van der Waals surface area contributed by atoms with E-state index in [1.54, 1.807) is 47.4 Å². The van der Waals surface area contributed by atoms with Crippen LogP contribution < -0.4 is 11.1 Å². The van der Waals surface area contributed by atoms with Crippen molar-refractivity contribution >= 4 is 38.3 Å². The standard InChI is InChI=1S/C28H32N4O4S/c29-27(30)22-10-8-20(9-11-22)18-25(28(34)32-15-4-1-5-16-32)31-26(33)14-17-37(35,36)24-13-12-21-6-2-3-7-23(21)19-24/h2-3,6-13,19,25H,1,4-5,14-18H2,(H3,29,30)(H,31,33).